The normalized spacial score (nSPS) is 29.0. The van der Waals surface area contributed by atoms with Crippen LogP contribution in [0.3, 0.4) is 0 Å². The second-order valence-corrected chi connectivity index (χ2v) is 29.3. The zero-order chi connectivity index (χ0) is 70.5. The average molecular weight is 1420 g/mol. The molecule has 13 atom stereocenters. The summed E-state index contributed by atoms with van der Waals surface area (Å²) in [6, 6.07) is -0.350. The molecule has 0 bridgehead atoms. The van der Waals surface area contributed by atoms with E-state index in [9.17, 15) is 87.7 Å². The number of benzene rings is 2. The van der Waals surface area contributed by atoms with E-state index >= 15 is 0 Å². The van der Waals surface area contributed by atoms with Gasteiger partial charge in [-0.1, -0.05) is 43.6 Å². The lowest BCUT2D eigenvalue weighted by molar-refractivity contribution is -0.147. The highest BCUT2D eigenvalue weighted by Crippen LogP contribution is 2.39. The summed E-state index contributed by atoms with van der Waals surface area (Å²) in [6.07, 6.45) is -0.530. The Hall–Kier alpha value is -6.31. The van der Waals surface area contributed by atoms with Crippen molar-refractivity contribution in [1.82, 2.24) is 51.9 Å². The van der Waals surface area contributed by atoms with E-state index in [0.717, 1.165) is 94.6 Å². The molecule has 2 aromatic carbocycles. The van der Waals surface area contributed by atoms with Crippen LogP contribution in [0, 0.1) is 17.8 Å². The van der Waals surface area contributed by atoms with Crippen LogP contribution in [0.2, 0.25) is 0 Å². The van der Waals surface area contributed by atoms with Gasteiger partial charge in [0.1, 0.15) is 40.2 Å². The summed E-state index contributed by atoms with van der Waals surface area (Å²) in [4.78, 5) is 92.4. The van der Waals surface area contributed by atoms with Gasteiger partial charge in [-0.15, -0.1) is 10.2 Å². The van der Waals surface area contributed by atoms with Gasteiger partial charge in [0.25, 0.3) is 0 Å². The number of carbonyl (C=O) groups excluding carboxylic acids is 6. The lowest BCUT2D eigenvalue weighted by Gasteiger charge is -2.34. The van der Waals surface area contributed by atoms with E-state index < -0.39 is 194 Å². The van der Waals surface area contributed by atoms with E-state index in [4.69, 9.17) is 4.74 Å². The highest BCUT2D eigenvalue weighted by molar-refractivity contribution is 7.81. The number of rotatable bonds is 22. The summed E-state index contributed by atoms with van der Waals surface area (Å²) in [5.41, 5.74) is 2.04. The molecule has 544 valence electrons. The minimum Gasteiger partial charge on any atom is -0.504 e. The van der Waals surface area contributed by atoms with E-state index in [-0.39, 0.29) is 37.0 Å². The van der Waals surface area contributed by atoms with Gasteiger partial charge in [0.15, 0.2) is 11.5 Å². The molecule has 2 aliphatic carbocycles. The molecular formula is C65H97N11O20S2. The van der Waals surface area contributed by atoms with Crippen LogP contribution in [0.15, 0.2) is 42.5 Å². The van der Waals surface area contributed by atoms with Crippen molar-refractivity contribution in [3.8, 4) is 22.1 Å². The quantitative estimate of drug-likeness (QED) is 0.0487. The number of aliphatic hydroxyl groups excluding tert-OH is 8. The van der Waals surface area contributed by atoms with E-state index in [1.54, 1.807) is 11.3 Å². The number of β-amino-alcohol motifs (C(OH)–C–C–N with tert-alkyl or cyclic N) is 1. The lowest BCUT2D eigenvalue weighted by Crippen LogP contribution is -2.64. The molecule has 6 aliphatic rings. The fourth-order valence-electron chi connectivity index (χ4n) is 14.1. The van der Waals surface area contributed by atoms with Crippen molar-refractivity contribution < 1.29 is 96.6 Å². The molecule has 6 amide bonds. The van der Waals surface area contributed by atoms with Crippen molar-refractivity contribution in [2.75, 3.05) is 70.5 Å². The van der Waals surface area contributed by atoms with Crippen LogP contribution < -0.4 is 41.0 Å². The van der Waals surface area contributed by atoms with E-state index in [2.05, 4.69) is 75.4 Å². The smallest absolute Gasteiger partial charge is 0.446 e. The van der Waals surface area contributed by atoms with E-state index in [0.29, 0.717) is 24.9 Å². The van der Waals surface area contributed by atoms with Gasteiger partial charge in [0.2, 0.25) is 35.4 Å². The number of aromatic nitrogens is 2. The van der Waals surface area contributed by atoms with Crippen LogP contribution in [0.4, 0.5) is 5.69 Å². The number of piperidine rings is 1. The molecule has 2 saturated carbocycles. The Kier molecular flexibility index (Phi) is 27.0. The fourth-order valence-corrected chi connectivity index (χ4v) is 15.5. The third kappa shape index (κ3) is 20.0. The highest BCUT2D eigenvalue weighted by atomic mass is 32.3. The Balaban J connectivity index is 0.917. The third-order valence-electron chi connectivity index (χ3n) is 19.9. The number of phenols is 1. The number of anilines is 1. The molecular weight excluding hydrogens is 1320 g/mol. The van der Waals surface area contributed by atoms with Crippen molar-refractivity contribution in [3.05, 3.63) is 53.0 Å². The van der Waals surface area contributed by atoms with Crippen molar-refractivity contribution in [2.45, 2.75) is 201 Å². The van der Waals surface area contributed by atoms with Crippen LogP contribution in [0.25, 0.3) is 10.6 Å². The molecule has 0 spiro atoms. The van der Waals surface area contributed by atoms with Gasteiger partial charge < -0.3 is 101 Å². The Morgan fingerprint density at radius 3 is 2.08 bits per heavy atom. The van der Waals surface area contributed by atoms with Gasteiger partial charge in [0, 0.05) is 75.3 Å². The molecule has 0 radical (unpaired) electrons. The molecule has 1 aromatic heterocycles. The van der Waals surface area contributed by atoms with Crippen LogP contribution in [0.5, 0.6) is 11.5 Å². The summed E-state index contributed by atoms with van der Waals surface area (Å²) in [6.45, 7) is 2.94. The fraction of sp³-hybridized carbons (Fsp3) is 0.692. The first-order valence-corrected chi connectivity index (χ1v) is 36.3. The van der Waals surface area contributed by atoms with Crippen LogP contribution in [-0.2, 0) is 50.3 Å². The molecule has 98 heavy (non-hydrogen) atoms. The van der Waals surface area contributed by atoms with Gasteiger partial charge in [-0.05, 0) is 138 Å². The molecule has 9 rings (SSSR count). The maximum Gasteiger partial charge on any atom is 0.446 e. The monoisotopic (exact) mass is 1420 g/mol. The van der Waals surface area contributed by atoms with Gasteiger partial charge in [-0.25, -0.2) is 0 Å². The zero-order valence-electron chi connectivity index (χ0n) is 55.2. The molecule has 0 unspecified atom stereocenters. The SMILES string of the molecule is C[C@@H](O)[C@@H]1NC(=O)[C@@H](NCC2CCC(c3nnc(-c4ccc(N5CCC(OCC6CCCCC6)CC5)cc4)s3)CC2)C[C@@H](O)CNC(=O)[C@@H]2[C@@H](O)[C@@H](C)CN2C(=O)[C@H]([C@H](O)CCNC(CO)CO)NC(=O)[C@H]([C@H](O)Cc2ccc(O)c(OS(=O)(=O)O)c2)NC(=O)[C@@H]2C[C@@H](O)CN2C1=O. The lowest BCUT2D eigenvalue weighted by atomic mass is 9.82. The van der Waals surface area contributed by atoms with Crippen molar-refractivity contribution in [2.24, 2.45) is 17.8 Å². The number of aliphatic hydroxyl groups is 8. The van der Waals surface area contributed by atoms with Gasteiger partial charge in [-0.3, -0.25) is 33.3 Å². The Morgan fingerprint density at radius 1 is 0.735 bits per heavy atom. The summed E-state index contributed by atoms with van der Waals surface area (Å²) in [7, 11) is -5.22. The first-order chi connectivity index (χ1) is 46.8. The number of phenolic OH excluding ortho intramolecular Hbond substituents is 1. The molecule has 6 fully saturated rings. The molecule has 3 aromatic rings. The number of fused-ring (bicyclic) bond motifs is 2. The molecule has 16 N–H and O–H groups in total. The topological polar surface area (TPSA) is 465 Å². The van der Waals surface area contributed by atoms with Crippen LogP contribution in [0.1, 0.15) is 120 Å². The maximum atomic E-state index is 15.0. The van der Waals surface area contributed by atoms with Gasteiger partial charge in [-0.2, -0.15) is 8.42 Å². The minimum absolute atomic E-state index is 0.00129. The number of hydrogen-bond donors (Lipinski definition) is 16. The Bertz CT molecular complexity index is 3280. The second kappa shape index (κ2) is 34.8. The van der Waals surface area contributed by atoms with E-state index in [1.165, 1.54) is 46.0 Å². The number of nitrogens with one attached hydrogen (secondary N) is 6. The summed E-state index contributed by atoms with van der Waals surface area (Å²) in [5, 5.41) is 126. The first kappa shape index (κ1) is 75.9. The number of amides is 6. The minimum atomic E-state index is -5.22. The number of nitrogens with zero attached hydrogens (tertiary/aromatic N) is 5. The van der Waals surface area contributed by atoms with Crippen molar-refractivity contribution in [3.63, 3.8) is 0 Å². The third-order valence-corrected chi connectivity index (χ3v) is 21.4. The van der Waals surface area contributed by atoms with Crippen molar-refractivity contribution >= 4 is 62.9 Å². The standard InChI is InChI=1S/C65H97N11O20S2/c1-35-30-76-56(57(35)85)61(89)68-29-44(80)26-47(67-28-37-8-11-40(12-9-37)62-72-73-63(97-62)41-13-15-43(16-14-41)74-22-19-46(20-23-74)95-34-38-6-4-3-5-7-38)58(86)69-53(36(2)79)64(90)75-31-45(81)27-48(75)59(87)70-54(51(84)24-39-10-17-49(82)52(25-39)96-98(92,93)94)60(88)71-55(65(76)91)50(83)18-21-66-42(32-77)33-78/h10,13-17,25,35-38,40,42,44-48,50-51,53-57,66-67,77-85H,3-9,11-12,18-24,26-34H2,1-2H3,(H,68,89)(H,69,86)(H,70,87)(H,71,88)(H,92,93,94)/t35-,36+,37?,40?,44+,45+,47-,48-,50+,51+,53-,54-,55-,56-,57-/m0/s1. The molecule has 5 heterocycles. The predicted octanol–water partition coefficient (Wildman–Crippen LogP) is -1.93. The number of aromatic hydroxyl groups is 1. The predicted molar refractivity (Wildman–Crippen MR) is 354 cm³/mol. The maximum absolute atomic E-state index is 15.0. The molecule has 4 aliphatic heterocycles. The van der Waals surface area contributed by atoms with Crippen molar-refractivity contribution in [1.29, 1.82) is 0 Å². The first-order valence-electron chi connectivity index (χ1n) is 34.1. The Morgan fingerprint density at radius 2 is 1.41 bits per heavy atom. The molecule has 33 heteroatoms. The van der Waals surface area contributed by atoms with Gasteiger partial charge >= 0.3 is 10.4 Å². The van der Waals surface area contributed by atoms with Gasteiger partial charge in [0.05, 0.1) is 68.0 Å². The number of carbonyl (C=O) groups is 6. The Labute approximate surface area is 573 Å². The summed E-state index contributed by atoms with van der Waals surface area (Å²) < 4.78 is 43.5. The van der Waals surface area contributed by atoms with Crippen LogP contribution in [-0.4, -0.2) is 265 Å². The largest absolute Gasteiger partial charge is 0.504 e. The molecule has 31 nitrogen and oxygen atoms in total. The molecule has 4 saturated heterocycles. The number of ether oxygens (including phenoxy) is 1. The highest BCUT2D eigenvalue weighted by Gasteiger charge is 2.50. The van der Waals surface area contributed by atoms with Crippen LogP contribution >= 0.6 is 11.3 Å². The zero-order valence-corrected chi connectivity index (χ0v) is 56.9. The van der Waals surface area contributed by atoms with E-state index in [1.807, 2.05) is 0 Å². The number of hydrogen-bond acceptors (Lipinski definition) is 25. The summed E-state index contributed by atoms with van der Waals surface area (Å²) in [5.74, 6) is -8.33. The second-order valence-electron chi connectivity index (χ2n) is 27.3. The average Bonchev–Trinajstić information content (AvgIpc) is 1.62. The summed E-state index contributed by atoms with van der Waals surface area (Å²) >= 11 is 1.55.